The zero-order valence-corrected chi connectivity index (χ0v) is 14.1. The van der Waals surface area contributed by atoms with Crippen LogP contribution in [0.15, 0.2) is 24.3 Å². The van der Waals surface area contributed by atoms with E-state index < -0.39 is 26.8 Å². The summed E-state index contributed by atoms with van der Waals surface area (Å²) in [5, 5.41) is 19.7. The highest BCUT2D eigenvalue weighted by Gasteiger charge is 2.35. The fraction of sp³-hybridized carbons (Fsp3) is 0.533. The van der Waals surface area contributed by atoms with Gasteiger partial charge in [0.1, 0.15) is 0 Å². The van der Waals surface area contributed by atoms with Gasteiger partial charge in [0.05, 0.1) is 16.6 Å². The highest BCUT2D eigenvalue weighted by molar-refractivity contribution is 7.89. The summed E-state index contributed by atoms with van der Waals surface area (Å²) in [6.45, 7) is 2.17. The first-order valence-electron chi connectivity index (χ1n) is 7.63. The van der Waals surface area contributed by atoms with Crippen LogP contribution in [-0.2, 0) is 21.2 Å². The molecule has 132 valence electrons. The van der Waals surface area contributed by atoms with Gasteiger partial charge in [-0.1, -0.05) is 19.1 Å². The van der Waals surface area contributed by atoms with Crippen molar-refractivity contribution in [3.8, 4) is 0 Å². The second-order valence-corrected chi connectivity index (χ2v) is 8.27. The molecule has 0 aromatic heterocycles. The topological polar surface area (TPSA) is 118 Å². The fourth-order valence-electron chi connectivity index (χ4n) is 2.87. The number of nitro groups is 1. The molecule has 1 N–H and O–H groups in total. The van der Waals surface area contributed by atoms with Crippen LogP contribution in [0.1, 0.15) is 18.9 Å². The molecule has 0 saturated carbocycles. The van der Waals surface area contributed by atoms with Gasteiger partial charge in [0.25, 0.3) is 5.69 Å². The molecule has 1 aromatic rings. The molecular formula is C15H20N2O6S. The van der Waals surface area contributed by atoms with E-state index in [9.17, 15) is 23.3 Å². The van der Waals surface area contributed by atoms with Crippen molar-refractivity contribution in [2.45, 2.75) is 19.8 Å². The van der Waals surface area contributed by atoms with E-state index in [2.05, 4.69) is 0 Å². The first-order chi connectivity index (χ1) is 11.2. The number of sulfonamides is 1. The van der Waals surface area contributed by atoms with Crippen LogP contribution in [0, 0.1) is 22.0 Å². The summed E-state index contributed by atoms with van der Waals surface area (Å²) in [5.41, 5.74) is 0.639. The number of piperidine rings is 1. The van der Waals surface area contributed by atoms with Crippen LogP contribution in [0.5, 0.6) is 0 Å². The van der Waals surface area contributed by atoms with E-state index in [1.807, 2.05) is 6.92 Å². The number of nitrogens with zero attached hydrogens (tertiary/aromatic N) is 2. The van der Waals surface area contributed by atoms with Crippen LogP contribution in [0.25, 0.3) is 0 Å². The molecule has 1 aromatic carbocycles. The molecule has 8 nitrogen and oxygen atoms in total. The summed E-state index contributed by atoms with van der Waals surface area (Å²) in [7, 11) is -3.57. The Balaban J connectivity index is 2.02. The molecule has 2 atom stereocenters. The quantitative estimate of drug-likeness (QED) is 0.610. The minimum atomic E-state index is -3.57. The van der Waals surface area contributed by atoms with Crippen LogP contribution in [0.2, 0.25) is 0 Å². The van der Waals surface area contributed by atoms with Gasteiger partial charge >= 0.3 is 5.97 Å². The fourth-order valence-corrected chi connectivity index (χ4v) is 4.51. The van der Waals surface area contributed by atoms with Crippen molar-refractivity contribution in [1.29, 1.82) is 0 Å². The molecule has 0 radical (unpaired) electrons. The Hall–Kier alpha value is -2.00. The van der Waals surface area contributed by atoms with Gasteiger partial charge in [-0.05, 0) is 24.3 Å². The first-order valence-corrected chi connectivity index (χ1v) is 9.24. The Morgan fingerprint density at radius 2 is 1.96 bits per heavy atom. The van der Waals surface area contributed by atoms with Gasteiger partial charge in [0.2, 0.25) is 10.0 Å². The molecular weight excluding hydrogens is 336 g/mol. The lowest BCUT2D eigenvalue weighted by molar-refractivity contribution is -0.384. The molecule has 1 aliphatic heterocycles. The number of non-ortho nitro benzene ring substituents is 1. The SMILES string of the molecule is CC1CC(C(=O)O)CN(S(=O)(=O)CCc2ccc([N+](=O)[O-])cc2)C1. The summed E-state index contributed by atoms with van der Waals surface area (Å²) >= 11 is 0. The highest BCUT2D eigenvalue weighted by atomic mass is 32.2. The van der Waals surface area contributed by atoms with E-state index in [1.54, 1.807) is 0 Å². The van der Waals surface area contributed by atoms with Crippen molar-refractivity contribution in [1.82, 2.24) is 4.31 Å². The van der Waals surface area contributed by atoms with Crippen LogP contribution in [0.4, 0.5) is 5.69 Å². The van der Waals surface area contributed by atoms with Crippen molar-refractivity contribution in [2.24, 2.45) is 11.8 Å². The summed E-state index contributed by atoms with van der Waals surface area (Å²) < 4.78 is 26.2. The van der Waals surface area contributed by atoms with Crippen LogP contribution < -0.4 is 0 Å². The third-order valence-corrected chi connectivity index (χ3v) is 5.97. The molecule has 1 aliphatic rings. The Morgan fingerprint density at radius 3 is 2.50 bits per heavy atom. The van der Waals surface area contributed by atoms with Crippen molar-refractivity contribution in [2.75, 3.05) is 18.8 Å². The van der Waals surface area contributed by atoms with E-state index in [4.69, 9.17) is 5.11 Å². The number of benzene rings is 1. The predicted molar refractivity (Wildman–Crippen MR) is 87.1 cm³/mol. The van der Waals surface area contributed by atoms with Gasteiger partial charge in [-0.15, -0.1) is 0 Å². The van der Waals surface area contributed by atoms with E-state index in [1.165, 1.54) is 28.6 Å². The molecule has 1 heterocycles. The lowest BCUT2D eigenvalue weighted by atomic mass is 9.92. The van der Waals surface area contributed by atoms with Crippen molar-refractivity contribution >= 4 is 21.7 Å². The number of nitro benzene ring substituents is 1. The van der Waals surface area contributed by atoms with Gasteiger partial charge in [0.15, 0.2) is 0 Å². The maximum absolute atomic E-state index is 12.5. The van der Waals surface area contributed by atoms with E-state index in [-0.39, 0.29) is 30.3 Å². The van der Waals surface area contributed by atoms with Crippen LogP contribution in [-0.4, -0.2) is 47.6 Å². The van der Waals surface area contributed by atoms with E-state index in [0.29, 0.717) is 18.5 Å². The number of hydrogen-bond donors (Lipinski definition) is 1. The average molecular weight is 356 g/mol. The number of carboxylic acids is 1. The van der Waals surface area contributed by atoms with Crippen molar-refractivity contribution < 1.29 is 23.2 Å². The molecule has 1 fully saturated rings. The molecule has 0 amide bonds. The number of rotatable bonds is 6. The lowest BCUT2D eigenvalue weighted by Crippen LogP contribution is -2.46. The van der Waals surface area contributed by atoms with Crippen molar-refractivity contribution in [3.05, 3.63) is 39.9 Å². The minimum absolute atomic E-state index is 0.00225. The molecule has 0 aliphatic carbocycles. The second-order valence-electron chi connectivity index (χ2n) is 6.18. The Bertz CT molecular complexity index is 716. The number of aliphatic carboxylic acids is 1. The van der Waals surface area contributed by atoms with Crippen LogP contribution in [0.3, 0.4) is 0 Å². The molecule has 2 unspecified atom stereocenters. The third kappa shape index (κ3) is 4.51. The smallest absolute Gasteiger partial charge is 0.307 e. The summed E-state index contributed by atoms with van der Waals surface area (Å²) in [4.78, 5) is 21.3. The van der Waals surface area contributed by atoms with Gasteiger partial charge in [-0.2, -0.15) is 0 Å². The highest BCUT2D eigenvalue weighted by Crippen LogP contribution is 2.24. The molecule has 9 heteroatoms. The molecule has 1 saturated heterocycles. The number of carboxylic acid groups (broad SMARTS) is 1. The summed E-state index contributed by atoms with van der Waals surface area (Å²) in [6, 6.07) is 5.75. The molecule has 0 bridgehead atoms. The largest absolute Gasteiger partial charge is 0.481 e. The molecule has 24 heavy (non-hydrogen) atoms. The first kappa shape index (κ1) is 18.3. The number of carbonyl (C=O) groups is 1. The zero-order chi connectivity index (χ0) is 17.9. The normalized spacial score (nSPS) is 22.2. The van der Waals surface area contributed by atoms with Crippen LogP contribution >= 0.6 is 0 Å². The van der Waals surface area contributed by atoms with Gasteiger partial charge in [-0.25, -0.2) is 12.7 Å². The molecule has 2 rings (SSSR count). The zero-order valence-electron chi connectivity index (χ0n) is 13.3. The van der Waals surface area contributed by atoms with Gasteiger partial charge in [0, 0.05) is 25.2 Å². The summed E-state index contributed by atoms with van der Waals surface area (Å²) in [6.07, 6.45) is 0.701. The lowest BCUT2D eigenvalue weighted by Gasteiger charge is -2.33. The maximum Gasteiger partial charge on any atom is 0.307 e. The standard InChI is InChI=1S/C15H20N2O6S/c1-11-8-13(15(18)19)10-16(9-11)24(22,23)7-6-12-2-4-14(5-3-12)17(20)21/h2-5,11,13H,6-10H2,1H3,(H,18,19). The number of aryl methyl sites for hydroxylation is 1. The van der Waals surface area contributed by atoms with Gasteiger partial charge < -0.3 is 5.11 Å². The van der Waals surface area contributed by atoms with E-state index >= 15 is 0 Å². The second kappa shape index (κ2) is 7.27. The Morgan fingerprint density at radius 1 is 1.33 bits per heavy atom. The third-order valence-electron chi connectivity index (χ3n) is 4.16. The van der Waals surface area contributed by atoms with Gasteiger partial charge in [-0.3, -0.25) is 14.9 Å². The Kier molecular flexibility index (Phi) is 5.55. The van der Waals surface area contributed by atoms with E-state index in [0.717, 1.165) is 0 Å². The minimum Gasteiger partial charge on any atom is -0.481 e. The average Bonchev–Trinajstić information content (AvgIpc) is 2.52. The maximum atomic E-state index is 12.5. The monoisotopic (exact) mass is 356 g/mol. The Labute approximate surface area is 140 Å². The predicted octanol–water partition coefficient (Wildman–Crippen LogP) is 1.51. The number of hydrogen-bond acceptors (Lipinski definition) is 5. The summed E-state index contributed by atoms with van der Waals surface area (Å²) in [5.74, 6) is -1.81. The van der Waals surface area contributed by atoms with Crippen molar-refractivity contribution in [3.63, 3.8) is 0 Å². The molecule has 0 spiro atoms.